The summed E-state index contributed by atoms with van der Waals surface area (Å²) in [6, 6.07) is 0. The highest BCUT2D eigenvalue weighted by Gasteiger charge is 2.15. The molecule has 2 nitrogen and oxygen atoms in total. The average Bonchev–Trinajstić information content (AvgIpc) is 2.36. The van der Waals surface area contributed by atoms with Gasteiger partial charge in [-0.3, -0.25) is 4.79 Å². The summed E-state index contributed by atoms with van der Waals surface area (Å²) < 4.78 is 0. The summed E-state index contributed by atoms with van der Waals surface area (Å²) in [6.07, 6.45) is 6.07. The number of nitrogens with two attached hydrogens (primary N) is 1. The molecule has 10 heavy (non-hydrogen) atoms. The van der Waals surface area contributed by atoms with E-state index in [1.165, 1.54) is 0 Å². The highest BCUT2D eigenvalue weighted by atomic mass is 16.1. The van der Waals surface area contributed by atoms with Crippen molar-refractivity contribution in [3.8, 4) is 0 Å². The van der Waals surface area contributed by atoms with E-state index in [0.717, 1.165) is 12.8 Å². The maximum Gasteiger partial charge on any atom is 0.244 e. The number of carbonyl (C=O) groups is 1. The first kappa shape index (κ1) is 7.06. The first-order valence-corrected chi connectivity index (χ1v) is 3.37. The van der Waals surface area contributed by atoms with E-state index in [-0.39, 0.29) is 11.8 Å². The number of primary amides is 1. The van der Waals surface area contributed by atoms with Crippen LogP contribution in [0.15, 0.2) is 24.3 Å². The van der Waals surface area contributed by atoms with Gasteiger partial charge in [-0.2, -0.15) is 0 Å². The predicted octanol–water partition coefficient (Wildman–Crippen LogP) is 0.994. The van der Waals surface area contributed by atoms with Crippen molar-refractivity contribution in [3.05, 3.63) is 24.3 Å². The minimum Gasteiger partial charge on any atom is -0.366 e. The predicted molar refractivity (Wildman–Crippen MR) is 40.2 cm³/mol. The topological polar surface area (TPSA) is 43.1 Å². The lowest BCUT2D eigenvalue weighted by atomic mass is 10.00. The van der Waals surface area contributed by atoms with Crippen LogP contribution in [0.5, 0.6) is 0 Å². The fourth-order valence-corrected chi connectivity index (χ4v) is 1.11. The number of rotatable bonds is 2. The van der Waals surface area contributed by atoms with E-state index in [1.807, 2.05) is 6.08 Å². The summed E-state index contributed by atoms with van der Waals surface area (Å²) in [5, 5.41) is 0. The number of allylic oxidation sites excluding steroid dienone is 2. The summed E-state index contributed by atoms with van der Waals surface area (Å²) in [5.74, 6) is -0.172. The van der Waals surface area contributed by atoms with Crippen LogP contribution in [0.1, 0.15) is 12.8 Å². The molecule has 0 aromatic carbocycles. The van der Waals surface area contributed by atoms with Crippen molar-refractivity contribution in [2.75, 3.05) is 0 Å². The van der Waals surface area contributed by atoms with Crippen LogP contribution in [0.25, 0.3) is 0 Å². The monoisotopic (exact) mass is 137 g/mol. The third-order valence-corrected chi connectivity index (χ3v) is 1.78. The second-order valence-electron chi connectivity index (χ2n) is 2.50. The third kappa shape index (κ3) is 1.26. The fraction of sp³-hybridized carbons (Fsp3) is 0.375. The lowest BCUT2D eigenvalue weighted by Gasteiger charge is -2.05. The molecule has 54 valence electrons. The van der Waals surface area contributed by atoms with Crippen LogP contribution in [-0.2, 0) is 4.79 Å². The molecule has 0 bridgehead atoms. The number of amides is 1. The van der Waals surface area contributed by atoms with Gasteiger partial charge >= 0.3 is 0 Å². The van der Waals surface area contributed by atoms with Gasteiger partial charge in [0.05, 0.1) is 0 Å². The Morgan fingerprint density at radius 1 is 1.70 bits per heavy atom. The molecule has 0 fully saturated rings. The largest absolute Gasteiger partial charge is 0.366 e. The molecule has 0 spiro atoms. The van der Waals surface area contributed by atoms with E-state index in [9.17, 15) is 4.79 Å². The Hall–Kier alpha value is -1.05. The van der Waals surface area contributed by atoms with Gasteiger partial charge in [-0.25, -0.2) is 0 Å². The molecule has 1 rings (SSSR count). The van der Waals surface area contributed by atoms with Crippen molar-refractivity contribution in [2.24, 2.45) is 11.7 Å². The molecule has 1 unspecified atom stereocenters. The van der Waals surface area contributed by atoms with Gasteiger partial charge in [0.25, 0.3) is 0 Å². The number of carbonyl (C=O) groups excluding carboxylic acids is 1. The molecular formula is C8H11NO. The summed E-state index contributed by atoms with van der Waals surface area (Å²) in [7, 11) is 0. The molecule has 0 heterocycles. The second-order valence-corrected chi connectivity index (χ2v) is 2.50. The molecular weight excluding hydrogens is 126 g/mol. The first-order chi connectivity index (χ1) is 4.72. The standard InChI is InChI=1S/C8H11NO/c1-6(8(9)10)7-4-2-3-5-7/h2,4,7H,1,3,5H2,(H2,9,10). The Morgan fingerprint density at radius 2 is 2.40 bits per heavy atom. The van der Waals surface area contributed by atoms with Crippen LogP contribution in [0, 0.1) is 5.92 Å². The van der Waals surface area contributed by atoms with E-state index in [4.69, 9.17) is 5.73 Å². The van der Waals surface area contributed by atoms with Gasteiger partial charge in [0.15, 0.2) is 0 Å². The summed E-state index contributed by atoms with van der Waals surface area (Å²) >= 11 is 0. The van der Waals surface area contributed by atoms with E-state index in [2.05, 4.69) is 12.7 Å². The molecule has 1 aliphatic rings. The zero-order chi connectivity index (χ0) is 7.56. The fourth-order valence-electron chi connectivity index (χ4n) is 1.11. The molecule has 0 saturated carbocycles. The minimum atomic E-state index is -0.378. The normalized spacial score (nSPS) is 23.0. The zero-order valence-corrected chi connectivity index (χ0v) is 5.84. The number of hydrogen-bond donors (Lipinski definition) is 1. The molecule has 1 amide bonds. The SMILES string of the molecule is C=C(C(N)=O)C1C=CCC1. The van der Waals surface area contributed by atoms with Crippen LogP contribution in [-0.4, -0.2) is 5.91 Å². The van der Waals surface area contributed by atoms with E-state index >= 15 is 0 Å². The van der Waals surface area contributed by atoms with Gasteiger partial charge in [-0.15, -0.1) is 0 Å². The molecule has 0 aromatic heterocycles. The summed E-state index contributed by atoms with van der Waals surface area (Å²) in [6.45, 7) is 3.61. The molecule has 2 N–H and O–H groups in total. The molecule has 1 atom stereocenters. The highest BCUT2D eigenvalue weighted by Crippen LogP contribution is 2.22. The quantitative estimate of drug-likeness (QED) is 0.447. The van der Waals surface area contributed by atoms with Gasteiger partial charge in [0.1, 0.15) is 0 Å². The smallest absolute Gasteiger partial charge is 0.244 e. The molecule has 0 aromatic rings. The van der Waals surface area contributed by atoms with Gasteiger partial charge in [-0.1, -0.05) is 18.7 Å². The van der Waals surface area contributed by atoms with Gasteiger partial charge in [-0.05, 0) is 12.8 Å². The van der Waals surface area contributed by atoms with Gasteiger partial charge in [0.2, 0.25) is 5.91 Å². The van der Waals surface area contributed by atoms with Crippen LogP contribution in [0.3, 0.4) is 0 Å². The minimum absolute atomic E-state index is 0.206. The summed E-state index contributed by atoms with van der Waals surface area (Å²) in [4.78, 5) is 10.6. The first-order valence-electron chi connectivity index (χ1n) is 3.37. The van der Waals surface area contributed by atoms with Crippen LogP contribution >= 0.6 is 0 Å². The Morgan fingerprint density at radius 3 is 2.80 bits per heavy atom. The van der Waals surface area contributed by atoms with Crippen molar-refractivity contribution in [3.63, 3.8) is 0 Å². The highest BCUT2D eigenvalue weighted by molar-refractivity contribution is 5.92. The molecule has 2 heteroatoms. The zero-order valence-electron chi connectivity index (χ0n) is 5.84. The molecule has 0 aliphatic heterocycles. The van der Waals surface area contributed by atoms with E-state index in [0.29, 0.717) is 5.57 Å². The maximum atomic E-state index is 10.6. The van der Waals surface area contributed by atoms with Gasteiger partial charge < -0.3 is 5.73 Å². The van der Waals surface area contributed by atoms with Crippen molar-refractivity contribution in [1.29, 1.82) is 0 Å². The maximum absolute atomic E-state index is 10.6. The number of hydrogen-bond acceptors (Lipinski definition) is 1. The van der Waals surface area contributed by atoms with E-state index in [1.54, 1.807) is 0 Å². The average molecular weight is 137 g/mol. The van der Waals surface area contributed by atoms with Crippen molar-refractivity contribution in [2.45, 2.75) is 12.8 Å². The van der Waals surface area contributed by atoms with Crippen molar-refractivity contribution >= 4 is 5.91 Å². The third-order valence-electron chi connectivity index (χ3n) is 1.78. The Labute approximate surface area is 60.4 Å². The Balaban J connectivity index is 2.57. The Kier molecular flexibility index (Phi) is 1.90. The molecule has 0 radical (unpaired) electrons. The van der Waals surface area contributed by atoms with Gasteiger partial charge in [0, 0.05) is 11.5 Å². The van der Waals surface area contributed by atoms with Crippen molar-refractivity contribution < 1.29 is 4.79 Å². The second kappa shape index (κ2) is 2.69. The molecule has 1 aliphatic carbocycles. The van der Waals surface area contributed by atoms with E-state index < -0.39 is 0 Å². The lowest BCUT2D eigenvalue weighted by Crippen LogP contribution is -2.17. The van der Waals surface area contributed by atoms with Crippen LogP contribution in [0.2, 0.25) is 0 Å². The molecule has 0 saturated heterocycles. The summed E-state index contributed by atoms with van der Waals surface area (Å²) in [5.41, 5.74) is 5.58. The lowest BCUT2D eigenvalue weighted by molar-refractivity contribution is -0.114. The van der Waals surface area contributed by atoms with Crippen LogP contribution < -0.4 is 5.73 Å². The van der Waals surface area contributed by atoms with Crippen LogP contribution in [0.4, 0.5) is 0 Å². The van der Waals surface area contributed by atoms with Crippen molar-refractivity contribution in [1.82, 2.24) is 0 Å². The Bertz CT molecular complexity index is 193.